The highest BCUT2D eigenvalue weighted by Gasteiger charge is 2.21. The predicted molar refractivity (Wildman–Crippen MR) is 56.0 cm³/mol. The van der Waals surface area contributed by atoms with Gasteiger partial charge < -0.3 is 15.6 Å². The van der Waals surface area contributed by atoms with Crippen molar-refractivity contribution < 1.29 is 9.84 Å². The molecule has 0 radical (unpaired) electrons. The van der Waals surface area contributed by atoms with Gasteiger partial charge in [0.2, 0.25) is 0 Å². The van der Waals surface area contributed by atoms with Gasteiger partial charge in [-0.1, -0.05) is 0 Å². The minimum atomic E-state index is -0.428. The van der Waals surface area contributed by atoms with Gasteiger partial charge >= 0.3 is 0 Å². The Morgan fingerprint density at radius 3 is 2.69 bits per heavy atom. The summed E-state index contributed by atoms with van der Waals surface area (Å²) in [4.78, 5) is 0. The lowest BCUT2D eigenvalue weighted by Crippen LogP contribution is -2.43. The van der Waals surface area contributed by atoms with E-state index >= 15 is 0 Å². The number of aliphatic hydroxyl groups excluding tert-OH is 1. The molecule has 0 spiro atoms. The maximum atomic E-state index is 8.96. The van der Waals surface area contributed by atoms with Crippen LogP contribution in [0.15, 0.2) is 0 Å². The van der Waals surface area contributed by atoms with Gasteiger partial charge in [-0.2, -0.15) is 11.8 Å². The van der Waals surface area contributed by atoms with Crippen molar-refractivity contribution in [1.29, 1.82) is 0 Å². The smallest absolute Gasteiger partial charge is 0.0616 e. The summed E-state index contributed by atoms with van der Waals surface area (Å²) in [5.41, 5.74) is 5.40. The fourth-order valence-corrected chi connectivity index (χ4v) is 2.43. The van der Waals surface area contributed by atoms with Crippen molar-refractivity contribution in [3.8, 4) is 0 Å². The third kappa shape index (κ3) is 4.31. The highest BCUT2D eigenvalue weighted by molar-refractivity contribution is 7.99. The van der Waals surface area contributed by atoms with Gasteiger partial charge in [0.15, 0.2) is 0 Å². The SMILES string of the molecule is CC(N)(CO)CSC1CCOCC1. The summed E-state index contributed by atoms with van der Waals surface area (Å²) in [6, 6.07) is 0. The van der Waals surface area contributed by atoms with E-state index in [1.807, 2.05) is 18.7 Å². The van der Waals surface area contributed by atoms with Gasteiger partial charge in [0.1, 0.15) is 0 Å². The van der Waals surface area contributed by atoms with Crippen molar-refractivity contribution in [3.05, 3.63) is 0 Å². The number of hydrogen-bond acceptors (Lipinski definition) is 4. The molecule has 0 aromatic heterocycles. The predicted octanol–water partition coefficient (Wildman–Crippen LogP) is 0.608. The molecule has 1 aliphatic rings. The summed E-state index contributed by atoms with van der Waals surface area (Å²) >= 11 is 1.86. The third-order valence-electron chi connectivity index (χ3n) is 2.18. The number of hydrogen-bond donors (Lipinski definition) is 2. The Hall–Kier alpha value is 0.230. The van der Waals surface area contributed by atoms with Crippen LogP contribution in [0.1, 0.15) is 19.8 Å². The van der Waals surface area contributed by atoms with Crippen LogP contribution >= 0.6 is 11.8 Å². The summed E-state index contributed by atoms with van der Waals surface area (Å²) in [6.07, 6.45) is 2.23. The lowest BCUT2D eigenvalue weighted by Gasteiger charge is -2.26. The summed E-state index contributed by atoms with van der Waals surface area (Å²) in [5, 5.41) is 9.63. The molecular weight excluding hydrogens is 186 g/mol. The molecule has 1 heterocycles. The van der Waals surface area contributed by atoms with E-state index < -0.39 is 5.54 Å². The molecule has 13 heavy (non-hydrogen) atoms. The van der Waals surface area contributed by atoms with Crippen LogP contribution in [0.2, 0.25) is 0 Å². The molecule has 0 bridgehead atoms. The maximum absolute atomic E-state index is 8.96. The molecule has 1 unspecified atom stereocenters. The molecule has 3 nitrogen and oxygen atoms in total. The molecule has 1 rings (SSSR count). The van der Waals surface area contributed by atoms with Gasteiger partial charge in [0, 0.05) is 29.8 Å². The molecule has 3 N–H and O–H groups in total. The van der Waals surface area contributed by atoms with E-state index in [0.29, 0.717) is 5.25 Å². The van der Waals surface area contributed by atoms with Crippen LogP contribution in [0, 0.1) is 0 Å². The van der Waals surface area contributed by atoms with Crippen LogP contribution in [-0.4, -0.2) is 41.5 Å². The first-order chi connectivity index (χ1) is 6.14. The van der Waals surface area contributed by atoms with Crippen molar-refractivity contribution >= 4 is 11.8 Å². The molecule has 1 fully saturated rings. The second-order valence-corrected chi connectivity index (χ2v) is 5.22. The number of ether oxygens (including phenoxy) is 1. The third-order valence-corrected chi connectivity index (χ3v) is 3.95. The van der Waals surface area contributed by atoms with E-state index in [-0.39, 0.29) is 6.61 Å². The van der Waals surface area contributed by atoms with Gasteiger partial charge in [-0.3, -0.25) is 0 Å². The van der Waals surface area contributed by atoms with Gasteiger partial charge in [0.25, 0.3) is 0 Å². The lowest BCUT2D eigenvalue weighted by molar-refractivity contribution is 0.0999. The van der Waals surface area contributed by atoms with E-state index in [4.69, 9.17) is 15.6 Å². The second kappa shape index (κ2) is 5.20. The monoisotopic (exact) mass is 205 g/mol. The normalized spacial score (nSPS) is 24.2. The number of nitrogens with two attached hydrogens (primary N) is 1. The van der Waals surface area contributed by atoms with Crippen LogP contribution < -0.4 is 5.73 Å². The highest BCUT2D eigenvalue weighted by Crippen LogP contribution is 2.24. The average Bonchev–Trinajstić information content (AvgIpc) is 2.17. The Morgan fingerprint density at radius 1 is 1.54 bits per heavy atom. The summed E-state index contributed by atoms with van der Waals surface area (Å²) in [6.45, 7) is 3.69. The topological polar surface area (TPSA) is 55.5 Å². The van der Waals surface area contributed by atoms with Gasteiger partial charge in [0.05, 0.1) is 6.61 Å². The molecule has 0 aliphatic carbocycles. The number of rotatable bonds is 4. The maximum Gasteiger partial charge on any atom is 0.0616 e. The quantitative estimate of drug-likeness (QED) is 0.706. The zero-order valence-corrected chi connectivity index (χ0v) is 8.98. The Kier molecular flexibility index (Phi) is 4.52. The van der Waals surface area contributed by atoms with Gasteiger partial charge in [-0.15, -0.1) is 0 Å². The average molecular weight is 205 g/mol. The zero-order valence-electron chi connectivity index (χ0n) is 8.16. The van der Waals surface area contributed by atoms with Gasteiger partial charge in [-0.05, 0) is 19.8 Å². The largest absolute Gasteiger partial charge is 0.394 e. The molecular formula is C9H19NO2S. The van der Waals surface area contributed by atoms with Crippen LogP contribution in [-0.2, 0) is 4.74 Å². The molecule has 0 amide bonds. The molecule has 0 aromatic carbocycles. The van der Waals surface area contributed by atoms with E-state index in [0.717, 1.165) is 31.8 Å². The van der Waals surface area contributed by atoms with E-state index in [9.17, 15) is 0 Å². The fraction of sp³-hybridized carbons (Fsp3) is 1.00. The minimum Gasteiger partial charge on any atom is -0.394 e. The Balaban J connectivity index is 2.17. The summed E-state index contributed by atoms with van der Waals surface area (Å²) in [5.74, 6) is 0.828. The lowest BCUT2D eigenvalue weighted by atomic mass is 10.1. The first kappa shape index (κ1) is 11.3. The standard InChI is InChI=1S/C9H19NO2S/c1-9(10,6-11)7-13-8-2-4-12-5-3-8/h8,11H,2-7,10H2,1H3. The van der Waals surface area contributed by atoms with Crippen LogP contribution in [0.5, 0.6) is 0 Å². The van der Waals surface area contributed by atoms with E-state index in [1.165, 1.54) is 0 Å². The molecule has 0 saturated carbocycles. The van der Waals surface area contributed by atoms with E-state index in [2.05, 4.69) is 0 Å². The van der Waals surface area contributed by atoms with Crippen molar-refractivity contribution in [2.45, 2.75) is 30.6 Å². The van der Waals surface area contributed by atoms with E-state index in [1.54, 1.807) is 0 Å². The molecule has 0 aromatic rings. The number of thioether (sulfide) groups is 1. The first-order valence-corrected chi connectivity index (χ1v) is 5.78. The zero-order chi connectivity index (χ0) is 9.73. The molecule has 1 atom stereocenters. The van der Waals surface area contributed by atoms with Crippen LogP contribution in [0.25, 0.3) is 0 Å². The Labute approximate surface area is 84.0 Å². The molecule has 1 saturated heterocycles. The van der Waals surface area contributed by atoms with Gasteiger partial charge in [-0.25, -0.2) is 0 Å². The number of aliphatic hydroxyl groups is 1. The minimum absolute atomic E-state index is 0.0587. The Morgan fingerprint density at radius 2 is 2.15 bits per heavy atom. The van der Waals surface area contributed by atoms with Crippen molar-refractivity contribution in [2.24, 2.45) is 5.73 Å². The molecule has 4 heteroatoms. The summed E-state index contributed by atoms with van der Waals surface area (Å²) < 4.78 is 5.26. The molecule has 1 aliphatic heterocycles. The summed E-state index contributed by atoms with van der Waals surface area (Å²) in [7, 11) is 0. The molecule has 78 valence electrons. The second-order valence-electron chi connectivity index (χ2n) is 3.93. The fourth-order valence-electron chi connectivity index (χ4n) is 1.20. The van der Waals surface area contributed by atoms with Crippen molar-refractivity contribution in [1.82, 2.24) is 0 Å². The van der Waals surface area contributed by atoms with Crippen LogP contribution in [0.4, 0.5) is 0 Å². The Bertz CT molecular complexity index is 147. The van der Waals surface area contributed by atoms with Crippen LogP contribution in [0.3, 0.4) is 0 Å². The van der Waals surface area contributed by atoms with Crippen molar-refractivity contribution in [2.75, 3.05) is 25.6 Å². The highest BCUT2D eigenvalue weighted by atomic mass is 32.2. The van der Waals surface area contributed by atoms with Crippen molar-refractivity contribution in [3.63, 3.8) is 0 Å². The first-order valence-electron chi connectivity index (χ1n) is 4.73.